The highest BCUT2D eigenvalue weighted by molar-refractivity contribution is 6.07. The van der Waals surface area contributed by atoms with Gasteiger partial charge in [0.1, 0.15) is 5.82 Å². The molecule has 0 unspecified atom stereocenters. The predicted octanol–water partition coefficient (Wildman–Crippen LogP) is 4.33. The van der Waals surface area contributed by atoms with Crippen molar-refractivity contribution in [1.29, 1.82) is 0 Å². The Balaban J connectivity index is 1.71. The lowest BCUT2D eigenvalue weighted by atomic mass is 10.1. The lowest BCUT2D eigenvalue weighted by Gasteiger charge is -2.08. The second kappa shape index (κ2) is 7.40. The van der Waals surface area contributed by atoms with Crippen LogP contribution in [0, 0.1) is 5.82 Å². The molecule has 5 heteroatoms. The van der Waals surface area contributed by atoms with Crippen LogP contribution in [0.5, 0.6) is 0 Å². The molecule has 3 aromatic carbocycles. The summed E-state index contributed by atoms with van der Waals surface area (Å²) in [6.07, 6.45) is 0. The average molecular weight is 334 g/mol. The normalized spacial score (nSPS) is 10.1. The van der Waals surface area contributed by atoms with Crippen molar-refractivity contribution >= 4 is 23.2 Å². The molecule has 0 radical (unpaired) electrons. The number of para-hydroxylation sites is 1. The maximum Gasteiger partial charge on any atom is 0.255 e. The van der Waals surface area contributed by atoms with Crippen molar-refractivity contribution in [1.82, 2.24) is 0 Å². The first kappa shape index (κ1) is 16.4. The van der Waals surface area contributed by atoms with E-state index in [1.165, 1.54) is 24.3 Å². The third-order valence-corrected chi connectivity index (χ3v) is 3.52. The molecule has 0 aliphatic rings. The number of carbonyl (C=O) groups excluding carboxylic acids is 2. The molecule has 0 aromatic heterocycles. The minimum Gasteiger partial charge on any atom is -0.322 e. The summed E-state index contributed by atoms with van der Waals surface area (Å²) in [4.78, 5) is 24.5. The number of amides is 2. The summed E-state index contributed by atoms with van der Waals surface area (Å²) in [5.74, 6) is -1.05. The molecular weight excluding hydrogens is 319 g/mol. The van der Waals surface area contributed by atoms with Crippen LogP contribution in [-0.4, -0.2) is 11.8 Å². The van der Waals surface area contributed by atoms with Crippen LogP contribution in [0.4, 0.5) is 15.8 Å². The van der Waals surface area contributed by atoms with Crippen molar-refractivity contribution in [2.75, 3.05) is 10.6 Å². The number of hydrogen-bond acceptors (Lipinski definition) is 2. The summed E-state index contributed by atoms with van der Waals surface area (Å²) in [5, 5.41) is 5.48. The summed E-state index contributed by atoms with van der Waals surface area (Å²) < 4.78 is 12.9. The van der Waals surface area contributed by atoms with Gasteiger partial charge in [-0.15, -0.1) is 0 Å². The molecule has 0 aliphatic heterocycles. The monoisotopic (exact) mass is 334 g/mol. The van der Waals surface area contributed by atoms with Crippen LogP contribution >= 0.6 is 0 Å². The molecule has 0 atom stereocenters. The molecule has 25 heavy (non-hydrogen) atoms. The molecule has 0 saturated carbocycles. The van der Waals surface area contributed by atoms with Gasteiger partial charge in [-0.3, -0.25) is 9.59 Å². The van der Waals surface area contributed by atoms with Gasteiger partial charge < -0.3 is 10.6 Å². The van der Waals surface area contributed by atoms with Gasteiger partial charge in [0.15, 0.2) is 0 Å². The molecular formula is C20H15FN2O2. The topological polar surface area (TPSA) is 58.2 Å². The Bertz CT molecular complexity index is 893. The van der Waals surface area contributed by atoms with Crippen molar-refractivity contribution in [3.05, 3.63) is 95.8 Å². The van der Waals surface area contributed by atoms with E-state index in [0.29, 0.717) is 22.5 Å². The number of rotatable bonds is 4. The van der Waals surface area contributed by atoms with E-state index in [1.807, 2.05) is 18.2 Å². The second-order valence-electron chi connectivity index (χ2n) is 5.36. The molecule has 0 aliphatic carbocycles. The Morgan fingerprint density at radius 1 is 0.640 bits per heavy atom. The van der Waals surface area contributed by atoms with Crippen molar-refractivity contribution in [2.45, 2.75) is 0 Å². The minimum atomic E-state index is -0.406. The average Bonchev–Trinajstić information content (AvgIpc) is 2.63. The van der Waals surface area contributed by atoms with Crippen LogP contribution in [0.2, 0.25) is 0 Å². The van der Waals surface area contributed by atoms with Crippen LogP contribution < -0.4 is 10.6 Å². The molecule has 2 N–H and O–H groups in total. The molecule has 3 rings (SSSR count). The van der Waals surface area contributed by atoms with E-state index in [1.54, 1.807) is 36.4 Å². The number of hydrogen-bond donors (Lipinski definition) is 2. The summed E-state index contributed by atoms with van der Waals surface area (Å²) >= 11 is 0. The van der Waals surface area contributed by atoms with E-state index in [2.05, 4.69) is 10.6 Å². The Morgan fingerprint density at radius 2 is 1.24 bits per heavy atom. The van der Waals surface area contributed by atoms with E-state index in [-0.39, 0.29) is 11.8 Å². The second-order valence-corrected chi connectivity index (χ2v) is 5.36. The highest BCUT2D eigenvalue weighted by atomic mass is 19.1. The van der Waals surface area contributed by atoms with Crippen molar-refractivity contribution in [2.24, 2.45) is 0 Å². The van der Waals surface area contributed by atoms with E-state index in [9.17, 15) is 14.0 Å². The predicted molar refractivity (Wildman–Crippen MR) is 95.2 cm³/mol. The van der Waals surface area contributed by atoms with Gasteiger partial charge >= 0.3 is 0 Å². The smallest absolute Gasteiger partial charge is 0.255 e. The zero-order valence-electron chi connectivity index (χ0n) is 13.2. The lowest BCUT2D eigenvalue weighted by molar-refractivity contribution is 0.101. The molecule has 0 saturated heterocycles. The van der Waals surface area contributed by atoms with Crippen LogP contribution in [-0.2, 0) is 0 Å². The highest BCUT2D eigenvalue weighted by Crippen LogP contribution is 2.15. The largest absolute Gasteiger partial charge is 0.322 e. The fourth-order valence-corrected chi connectivity index (χ4v) is 2.27. The number of benzene rings is 3. The van der Waals surface area contributed by atoms with Crippen LogP contribution in [0.15, 0.2) is 78.9 Å². The molecule has 0 spiro atoms. The highest BCUT2D eigenvalue weighted by Gasteiger charge is 2.10. The summed E-state index contributed by atoms with van der Waals surface area (Å²) in [7, 11) is 0. The van der Waals surface area contributed by atoms with Crippen LogP contribution in [0.3, 0.4) is 0 Å². The molecule has 0 bridgehead atoms. The molecule has 3 aromatic rings. The van der Waals surface area contributed by atoms with Crippen molar-refractivity contribution in [3.63, 3.8) is 0 Å². The standard InChI is InChI=1S/C20H15FN2O2/c21-16-11-9-14(10-12-16)19(24)23-18-8-4-5-15(13-18)20(25)22-17-6-2-1-3-7-17/h1-13H,(H,22,25)(H,23,24). The number of nitrogens with one attached hydrogen (secondary N) is 2. The molecule has 124 valence electrons. The Hall–Kier alpha value is -3.47. The first-order chi connectivity index (χ1) is 12.1. The van der Waals surface area contributed by atoms with Gasteiger partial charge in [-0.2, -0.15) is 0 Å². The van der Waals surface area contributed by atoms with Crippen molar-refractivity contribution in [3.8, 4) is 0 Å². The van der Waals surface area contributed by atoms with Gasteiger partial charge in [0.25, 0.3) is 11.8 Å². The van der Waals surface area contributed by atoms with Crippen LogP contribution in [0.1, 0.15) is 20.7 Å². The number of anilines is 2. The van der Waals surface area contributed by atoms with E-state index >= 15 is 0 Å². The molecule has 0 heterocycles. The first-order valence-electron chi connectivity index (χ1n) is 7.65. The zero-order chi connectivity index (χ0) is 17.6. The van der Waals surface area contributed by atoms with E-state index in [4.69, 9.17) is 0 Å². The molecule has 0 fully saturated rings. The third-order valence-electron chi connectivity index (χ3n) is 3.52. The summed E-state index contributed by atoms with van der Waals surface area (Å²) in [5.41, 5.74) is 1.92. The molecule has 2 amide bonds. The quantitative estimate of drug-likeness (QED) is 0.746. The molecule has 4 nitrogen and oxygen atoms in total. The van der Waals surface area contributed by atoms with E-state index < -0.39 is 5.82 Å². The van der Waals surface area contributed by atoms with Gasteiger partial charge in [0.05, 0.1) is 0 Å². The Morgan fingerprint density at radius 3 is 1.96 bits per heavy atom. The van der Waals surface area contributed by atoms with Gasteiger partial charge in [-0.25, -0.2) is 4.39 Å². The van der Waals surface area contributed by atoms with Gasteiger partial charge in [-0.05, 0) is 54.6 Å². The Kier molecular flexibility index (Phi) is 4.85. The SMILES string of the molecule is O=C(Nc1cccc(C(=O)Nc2ccccc2)c1)c1ccc(F)cc1. The fourth-order valence-electron chi connectivity index (χ4n) is 2.27. The summed E-state index contributed by atoms with van der Waals surface area (Å²) in [6, 6.07) is 20.9. The lowest BCUT2D eigenvalue weighted by Crippen LogP contribution is -2.14. The Labute approximate surface area is 144 Å². The maximum atomic E-state index is 12.9. The maximum absolute atomic E-state index is 12.9. The van der Waals surface area contributed by atoms with Crippen molar-refractivity contribution < 1.29 is 14.0 Å². The van der Waals surface area contributed by atoms with E-state index in [0.717, 1.165) is 0 Å². The first-order valence-corrected chi connectivity index (χ1v) is 7.65. The van der Waals surface area contributed by atoms with Gasteiger partial charge in [-0.1, -0.05) is 24.3 Å². The summed E-state index contributed by atoms with van der Waals surface area (Å²) in [6.45, 7) is 0. The third kappa shape index (κ3) is 4.29. The van der Waals surface area contributed by atoms with Crippen LogP contribution in [0.25, 0.3) is 0 Å². The number of halogens is 1. The van der Waals surface area contributed by atoms with Gasteiger partial charge in [0.2, 0.25) is 0 Å². The van der Waals surface area contributed by atoms with Gasteiger partial charge in [0, 0.05) is 22.5 Å². The minimum absolute atomic E-state index is 0.274. The fraction of sp³-hybridized carbons (Fsp3) is 0. The number of carbonyl (C=O) groups is 2. The zero-order valence-corrected chi connectivity index (χ0v) is 13.2.